The summed E-state index contributed by atoms with van der Waals surface area (Å²) in [4.78, 5) is 9.34. The fourth-order valence-corrected chi connectivity index (χ4v) is 2.54. The van der Waals surface area contributed by atoms with Crippen LogP contribution in [-0.4, -0.2) is 33.5 Å². The molecule has 0 aliphatic rings. The van der Waals surface area contributed by atoms with Gasteiger partial charge in [-0.3, -0.25) is 10.1 Å². The number of nitro benzene ring substituents is 1. The van der Waals surface area contributed by atoms with Crippen LogP contribution in [0, 0.1) is 15.9 Å². The van der Waals surface area contributed by atoms with Gasteiger partial charge in [0.25, 0.3) is 0 Å². The minimum atomic E-state index is -4.04. The van der Waals surface area contributed by atoms with Crippen molar-refractivity contribution >= 4 is 28.1 Å². The zero-order valence-corrected chi connectivity index (χ0v) is 12.7. The van der Waals surface area contributed by atoms with Crippen molar-refractivity contribution in [2.45, 2.75) is 11.3 Å². The maximum atomic E-state index is 13.6. The Labute approximate surface area is 127 Å². The van der Waals surface area contributed by atoms with Crippen molar-refractivity contribution < 1.29 is 22.5 Å². The molecule has 0 radical (unpaired) electrons. The first-order valence-electron chi connectivity index (χ1n) is 5.55. The average Bonchev–Trinajstić information content (AvgIpc) is 2.37. The van der Waals surface area contributed by atoms with Crippen LogP contribution in [0.15, 0.2) is 17.0 Å². The molecule has 0 amide bonds. The van der Waals surface area contributed by atoms with E-state index in [1.54, 1.807) is 0 Å². The summed E-state index contributed by atoms with van der Waals surface area (Å²) < 4.78 is 44.1. The third-order valence-electron chi connectivity index (χ3n) is 2.38. The molecule has 0 aliphatic carbocycles. The predicted octanol–water partition coefficient (Wildman–Crippen LogP) is 0.791. The summed E-state index contributed by atoms with van der Waals surface area (Å²) in [5, 5.41) is 10.8. The Morgan fingerprint density at radius 2 is 2.10 bits per heavy atom. The average molecular weight is 344 g/mol. The zero-order valence-electron chi connectivity index (χ0n) is 11.0. The Balaban J connectivity index is 0.00000400. The molecule has 21 heavy (non-hydrogen) atoms. The molecule has 8 nitrogen and oxygen atoms in total. The number of nitrogens with one attached hydrogen (secondary N) is 1. The zero-order chi connectivity index (χ0) is 15.3. The molecule has 1 aromatic rings. The Bertz CT molecular complexity index is 611. The molecule has 0 unspecified atom stereocenters. The summed E-state index contributed by atoms with van der Waals surface area (Å²) in [7, 11) is -2.99. The van der Waals surface area contributed by atoms with Gasteiger partial charge in [0.05, 0.1) is 16.9 Å². The lowest BCUT2D eigenvalue weighted by Crippen LogP contribution is -2.26. The molecular weight excluding hydrogens is 329 g/mol. The van der Waals surface area contributed by atoms with E-state index < -0.39 is 37.1 Å². The lowest BCUT2D eigenvalue weighted by Gasteiger charge is -2.08. The van der Waals surface area contributed by atoms with Crippen molar-refractivity contribution in [2.75, 3.05) is 20.2 Å². The highest BCUT2D eigenvalue weighted by atomic mass is 35.5. The first-order chi connectivity index (χ1) is 9.33. The molecule has 1 aromatic carbocycles. The van der Waals surface area contributed by atoms with Crippen LogP contribution in [0.2, 0.25) is 0 Å². The van der Waals surface area contributed by atoms with Crippen molar-refractivity contribution in [3.63, 3.8) is 0 Å². The van der Waals surface area contributed by atoms with E-state index in [2.05, 4.69) is 9.46 Å². The first-order valence-corrected chi connectivity index (χ1v) is 7.03. The number of nitro groups is 1. The van der Waals surface area contributed by atoms with E-state index in [0.717, 1.165) is 13.2 Å². The van der Waals surface area contributed by atoms with E-state index in [1.165, 1.54) is 0 Å². The molecule has 0 aromatic heterocycles. The smallest absolute Gasteiger partial charge is 0.315 e. The quantitative estimate of drug-likeness (QED) is 0.428. The predicted molar refractivity (Wildman–Crippen MR) is 75.7 cm³/mol. The molecule has 3 N–H and O–H groups in total. The first kappa shape index (κ1) is 19.5. The molecule has 11 heteroatoms. The summed E-state index contributed by atoms with van der Waals surface area (Å²) in [6.07, 6.45) is 0.389. The molecule has 0 spiro atoms. The van der Waals surface area contributed by atoms with E-state index >= 15 is 0 Å². The van der Waals surface area contributed by atoms with Crippen LogP contribution < -0.4 is 15.2 Å². The number of nitrogens with zero attached hydrogens (tertiary/aromatic N) is 1. The lowest BCUT2D eigenvalue weighted by molar-refractivity contribution is -0.386. The van der Waals surface area contributed by atoms with Gasteiger partial charge >= 0.3 is 5.69 Å². The van der Waals surface area contributed by atoms with Crippen LogP contribution >= 0.6 is 12.4 Å². The summed E-state index contributed by atoms with van der Waals surface area (Å²) in [6, 6.07) is 1.41. The molecule has 0 aliphatic heterocycles. The Kier molecular flexibility index (Phi) is 7.50. The Morgan fingerprint density at radius 3 is 2.57 bits per heavy atom. The SMILES string of the molecule is COc1c(F)cc(S(=O)(=O)NCCCN)cc1[N+](=O)[O-].Cl. The van der Waals surface area contributed by atoms with Gasteiger partial charge in [-0.15, -0.1) is 12.4 Å². The van der Waals surface area contributed by atoms with Crippen molar-refractivity contribution in [2.24, 2.45) is 5.73 Å². The molecular formula is C10H15ClFN3O5S. The highest BCUT2D eigenvalue weighted by Gasteiger charge is 2.25. The van der Waals surface area contributed by atoms with Crippen LogP contribution in [0.4, 0.5) is 10.1 Å². The van der Waals surface area contributed by atoms with Crippen molar-refractivity contribution in [1.29, 1.82) is 0 Å². The van der Waals surface area contributed by atoms with E-state index in [1.807, 2.05) is 0 Å². The molecule has 0 bridgehead atoms. The fourth-order valence-electron chi connectivity index (χ4n) is 1.44. The largest absolute Gasteiger partial charge is 0.488 e. The second-order valence-corrected chi connectivity index (χ2v) is 5.52. The summed E-state index contributed by atoms with van der Waals surface area (Å²) in [5.41, 5.74) is 4.46. The van der Waals surface area contributed by atoms with Crippen molar-refractivity contribution in [3.05, 3.63) is 28.1 Å². The van der Waals surface area contributed by atoms with Gasteiger partial charge < -0.3 is 10.5 Å². The van der Waals surface area contributed by atoms with Crippen molar-refractivity contribution in [3.8, 4) is 5.75 Å². The molecule has 0 atom stereocenters. The highest BCUT2D eigenvalue weighted by Crippen LogP contribution is 2.32. The second kappa shape index (κ2) is 8.08. The molecule has 1 rings (SSSR count). The van der Waals surface area contributed by atoms with E-state index in [9.17, 15) is 22.9 Å². The number of hydrogen-bond acceptors (Lipinski definition) is 6. The van der Waals surface area contributed by atoms with Gasteiger partial charge in [-0.2, -0.15) is 0 Å². The molecule has 0 saturated carbocycles. The third kappa shape index (κ3) is 4.77. The van der Waals surface area contributed by atoms with Gasteiger partial charge in [0.1, 0.15) is 0 Å². The van der Waals surface area contributed by atoms with Crippen LogP contribution in [0.25, 0.3) is 0 Å². The summed E-state index contributed by atoms with van der Waals surface area (Å²) >= 11 is 0. The van der Waals surface area contributed by atoms with Gasteiger partial charge in [-0.05, 0) is 19.0 Å². The number of halogens is 2. The maximum Gasteiger partial charge on any atom is 0.315 e. The second-order valence-electron chi connectivity index (χ2n) is 3.75. The number of hydrogen-bond donors (Lipinski definition) is 2. The fraction of sp³-hybridized carbons (Fsp3) is 0.400. The van der Waals surface area contributed by atoms with Gasteiger partial charge in [0.2, 0.25) is 15.8 Å². The van der Waals surface area contributed by atoms with Gasteiger partial charge in [-0.25, -0.2) is 17.5 Å². The van der Waals surface area contributed by atoms with E-state index in [4.69, 9.17) is 5.73 Å². The van der Waals surface area contributed by atoms with Crippen LogP contribution in [0.3, 0.4) is 0 Å². The Hall–Kier alpha value is -1.49. The normalized spacial score (nSPS) is 10.8. The molecule has 120 valence electrons. The molecule has 0 heterocycles. The van der Waals surface area contributed by atoms with Gasteiger partial charge in [0, 0.05) is 12.6 Å². The number of ether oxygens (including phenoxy) is 1. The minimum Gasteiger partial charge on any atom is -0.488 e. The number of sulfonamides is 1. The Morgan fingerprint density at radius 1 is 1.48 bits per heavy atom. The monoisotopic (exact) mass is 343 g/mol. The molecule has 0 saturated heterocycles. The number of methoxy groups -OCH3 is 1. The van der Waals surface area contributed by atoms with Crippen LogP contribution in [0.1, 0.15) is 6.42 Å². The van der Waals surface area contributed by atoms with Crippen LogP contribution in [0.5, 0.6) is 5.75 Å². The minimum absolute atomic E-state index is 0. The highest BCUT2D eigenvalue weighted by molar-refractivity contribution is 7.89. The maximum absolute atomic E-state index is 13.6. The summed E-state index contributed by atoms with van der Waals surface area (Å²) in [6.45, 7) is 0.333. The number of rotatable bonds is 7. The lowest BCUT2D eigenvalue weighted by atomic mass is 10.3. The van der Waals surface area contributed by atoms with Gasteiger partial charge in [0.15, 0.2) is 5.82 Å². The number of benzene rings is 1. The molecule has 0 fully saturated rings. The standard InChI is InChI=1S/C10H14FN3O5S.ClH/c1-19-10-8(11)5-7(6-9(10)14(15)16)20(17,18)13-4-2-3-12;/h5-6,13H,2-4,12H2,1H3;1H. The summed E-state index contributed by atoms with van der Waals surface area (Å²) in [5.74, 6) is -1.74. The van der Waals surface area contributed by atoms with E-state index in [-0.39, 0.29) is 25.5 Å². The van der Waals surface area contributed by atoms with Gasteiger partial charge in [-0.1, -0.05) is 0 Å². The topological polar surface area (TPSA) is 125 Å². The van der Waals surface area contributed by atoms with E-state index in [0.29, 0.717) is 12.5 Å². The van der Waals surface area contributed by atoms with Crippen LogP contribution in [-0.2, 0) is 10.0 Å². The number of nitrogens with two attached hydrogens (primary N) is 1. The third-order valence-corrected chi connectivity index (χ3v) is 3.82. The van der Waals surface area contributed by atoms with Crippen molar-refractivity contribution in [1.82, 2.24) is 4.72 Å².